The molecule has 0 aliphatic heterocycles. The Kier molecular flexibility index (Phi) is 3.21. The average Bonchev–Trinajstić information content (AvgIpc) is 2.65. The van der Waals surface area contributed by atoms with E-state index >= 15 is 0 Å². The molecule has 0 radical (unpaired) electrons. The van der Waals surface area contributed by atoms with Crippen LogP contribution in [-0.2, 0) is 9.05 Å². The fourth-order valence-corrected chi connectivity index (χ4v) is 2.64. The Labute approximate surface area is 97.8 Å². The van der Waals surface area contributed by atoms with Crippen molar-refractivity contribution in [3.8, 4) is 0 Å². The second-order valence-corrected chi connectivity index (χ2v) is 6.58. The van der Waals surface area contributed by atoms with Gasteiger partial charge in [0.2, 0.25) is 0 Å². The number of nitrogens with zero attached hydrogens (tertiary/aromatic N) is 2. The van der Waals surface area contributed by atoms with E-state index in [-0.39, 0.29) is 10.9 Å². The van der Waals surface area contributed by atoms with Gasteiger partial charge in [-0.25, -0.2) is 12.8 Å². The predicted molar refractivity (Wildman–Crippen MR) is 57.7 cm³/mol. The summed E-state index contributed by atoms with van der Waals surface area (Å²) in [5.74, 6) is 0. The van der Waals surface area contributed by atoms with Gasteiger partial charge in [0, 0.05) is 23.3 Å². The molecular weight excluding hydrogens is 255 g/mol. The van der Waals surface area contributed by atoms with Crippen LogP contribution >= 0.6 is 10.7 Å². The first-order valence-corrected chi connectivity index (χ1v) is 7.40. The first-order chi connectivity index (χ1) is 7.47. The molecule has 1 aliphatic rings. The largest absolute Gasteiger partial charge is 0.268 e. The maximum Gasteiger partial charge on any atom is 0.264 e. The second kappa shape index (κ2) is 4.33. The normalized spacial score (nSPS) is 26.9. The first-order valence-electron chi connectivity index (χ1n) is 5.09. The Morgan fingerprint density at radius 2 is 2.25 bits per heavy atom. The number of aromatic nitrogens is 2. The van der Waals surface area contributed by atoms with E-state index in [9.17, 15) is 12.8 Å². The van der Waals surface area contributed by atoms with E-state index in [1.54, 1.807) is 0 Å². The van der Waals surface area contributed by atoms with E-state index < -0.39 is 15.2 Å². The van der Waals surface area contributed by atoms with Gasteiger partial charge in [-0.15, -0.1) is 0 Å². The van der Waals surface area contributed by atoms with Crippen molar-refractivity contribution < 1.29 is 12.8 Å². The molecule has 16 heavy (non-hydrogen) atoms. The first kappa shape index (κ1) is 11.9. The molecule has 7 heteroatoms. The third kappa shape index (κ3) is 2.55. The summed E-state index contributed by atoms with van der Waals surface area (Å²) >= 11 is 0. The molecule has 0 spiro atoms. The number of hydrogen-bond acceptors (Lipinski definition) is 3. The van der Waals surface area contributed by atoms with Crippen LogP contribution in [0.1, 0.15) is 31.7 Å². The van der Waals surface area contributed by atoms with Gasteiger partial charge >= 0.3 is 0 Å². The van der Waals surface area contributed by atoms with Crippen molar-refractivity contribution in [2.75, 3.05) is 0 Å². The number of alkyl halides is 1. The molecule has 0 N–H and O–H groups in total. The zero-order chi connectivity index (χ0) is 11.8. The van der Waals surface area contributed by atoms with E-state index in [0.717, 1.165) is 12.8 Å². The molecule has 4 nitrogen and oxygen atoms in total. The molecule has 2 rings (SSSR count). The van der Waals surface area contributed by atoms with E-state index in [4.69, 9.17) is 10.7 Å². The highest BCUT2D eigenvalue weighted by Crippen LogP contribution is 2.30. The molecule has 90 valence electrons. The monoisotopic (exact) mass is 266 g/mol. The third-order valence-corrected chi connectivity index (χ3v) is 4.12. The standard InChI is InChI=1S/C9H12ClFN2O2S/c10-16(14,15)9-5-12-13(6-9)8-3-1-2-7(11)4-8/h5-8H,1-4H2. The zero-order valence-electron chi connectivity index (χ0n) is 8.51. The molecule has 0 saturated heterocycles. The van der Waals surface area contributed by atoms with Crippen molar-refractivity contribution in [2.24, 2.45) is 0 Å². The molecule has 1 fully saturated rings. The summed E-state index contributed by atoms with van der Waals surface area (Å²) < 4.78 is 36.7. The maximum absolute atomic E-state index is 13.2. The van der Waals surface area contributed by atoms with Crippen molar-refractivity contribution in [1.29, 1.82) is 0 Å². The summed E-state index contributed by atoms with van der Waals surface area (Å²) in [5, 5.41) is 3.93. The smallest absolute Gasteiger partial charge is 0.264 e. The van der Waals surface area contributed by atoms with E-state index in [1.165, 1.54) is 17.1 Å². The molecule has 1 aromatic rings. The highest BCUT2D eigenvalue weighted by atomic mass is 35.7. The number of rotatable bonds is 2. The van der Waals surface area contributed by atoms with Crippen LogP contribution in [0.3, 0.4) is 0 Å². The minimum Gasteiger partial charge on any atom is -0.268 e. The van der Waals surface area contributed by atoms with Gasteiger partial charge in [-0.2, -0.15) is 5.10 Å². The second-order valence-electron chi connectivity index (χ2n) is 4.01. The van der Waals surface area contributed by atoms with Gasteiger partial charge in [-0.3, -0.25) is 4.68 Å². The Morgan fingerprint density at radius 3 is 2.81 bits per heavy atom. The van der Waals surface area contributed by atoms with Gasteiger partial charge in [0.1, 0.15) is 11.1 Å². The van der Waals surface area contributed by atoms with Crippen LogP contribution in [-0.4, -0.2) is 24.4 Å². The van der Waals surface area contributed by atoms with Crippen LogP contribution in [0.5, 0.6) is 0 Å². The van der Waals surface area contributed by atoms with Crippen LogP contribution < -0.4 is 0 Å². The van der Waals surface area contributed by atoms with Gasteiger partial charge in [0.25, 0.3) is 9.05 Å². The van der Waals surface area contributed by atoms with Crippen LogP contribution in [0.25, 0.3) is 0 Å². The highest BCUT2D eigenvalue weighted by Gasteiger charge is 2.24. The minimum absolute atomic E-state index is 0.0323. The Balaban J connectivity index is 2.18. The van der Waals surface area contributed by atoms with Crippen LogP contribution in [0, 0.1) is 0 Å². The fraction of sp³-hybridized carbons (Fsp3) is 0.667. The van der Waals surface area contributed by atoms with Crippen molar-refractivity contribution >= 4 is 19.7 Å². The van der Waals surface area contributed by atoms with Crippen molar-refractivity contribution in [3.63, 3.8) is 0 Å². The summed E-state index contributed by atoms with van der Waals surface area (Å²) in [6.45, 7) is 0. The average molecular weight is 267 g/mol. The SMILES string of the molecule is O=S(=O)(Cl)c1cnn(C2CCCC(F)C2)c1. The van der Waals surface area contributed by atoms with Crippen LogP contribution in [0.15, 0.2) is 17.3 Å². The molecule has 0 aromatic carbocycles. The molecule has 1 saturated carbocycles. The molecule has 0 amide bonds. The molecule has 0 bridgehead atoms. The molecule has 1 heterocycles. The van der Waals surface area contributed by atoms with Gasteiger partial charge < -0.3 is 0 Å². The lowest BCUT2D eigenvalue weighted by Crippen LogP contribution is -2.20. The molecule has 2 unspecified atom stereocenters. The molecule has 2 atom stereocenters. The maximum atomic E-state index is 13.2. The van der Waals surface area contributed by atoms with Crippen molar-refractivity contribution in [2.45, 2.75) is 42.8 Å². The Morgan fingerprint density at radius 1 is 1.50 bits per heavy atom. The Hall–Kier alpha value is -0.620. The topological polar surface area (TPSA) is 52.0 Å². The van der Waals surface area contributed by atoms with E-state index in [0.29, 0.717) is 12.8 Å². The molecule has 1 aliphatic carbocycles. The Bertz CT molecular complexity index is 474. The summed E-state index contributed by atoms with van der Waals surface area (Å²) in [6.07, 6.45) is 4.34. The summed E-state index contributed by atoms with van der Waals surface area (Å²) in [6, 6.07) is -0.0593. The fourth-order valence-electron chi connectivity index (χ4n) is 1.99. The third-order valence-electron chi connectivity index (χ3n) is 2.82. The number of halogens is 2. The van der Waals surface area contributed by atoms with Crippen LogP contribution in [0.4, 0.5) is 4.39 Å². The van der Waals surface area contributed by atoms with Gasteiger partial charge in [0.05, 0.1) is 12.2 Å². The summed E-state index contributed by atoms with van der Waals surface area (Å²) in [7, 11) is 1.45. The van der Waals surface area contributed by atoms with Gasteiger partial charge in [0.15, 0.2) is 0 Å². The minimum atomic E-state index is -3.74. The summed E-state index contributed by atoms with van der Waals surface area (Å²) in [5.41, 5.74) is 0. The van der Waals surface area contributed by atoms with E-state index in [2.05, 4.69) is 5.10 Å². The lowest BCUT2D eigenvalue weighted by atomic mass is 9.94. The number of hydrogen-bond donors (Lipinski definition) is 0. The lowest BCUT2D eigenvalue weighted by Gasteiger charge is -2.24. The van der Waals surface area contributed by atoms with Crippen molar-refractivity contribution in [3.05, 3.63) is 12.4 Å². The molecular formula is C9H12ClFN2O2S. The quantitative estimate of drug-likeness (QED) is 0.772. The van der Waals surface area contributed by atoms with Crippen molar-refractivity contribution in [1.82, 2.24) is 9.78 Å². The predicted octanol–water partition coefficient (Wildman–Crippen LogP) is 2.26. The summed E-state index contributed by atoms with van der Waals surface area (Å²) in [4.78, 5) is -0.0323. The van der Waals surface area contributed by atoms with Gasteiger partial charge in [-0.05, 0) is 19.3 Å². The van der Waals surface area contributed by atoms with E-state index in [1.807, 2.05) is 0 Å². The lowest BCUT2D eigenvalue weighted by molar-refractivity contribution is 0.192. The molecule has 1 aromatic heterocycles. The zero-order valence-corrected chi connectivity index (χ0v) is 10.1. The van der Waals surface area contributed by atoms with Gasteiger partial charge in [-0.1, -0.05) is 0 Å². The highest BCUT2D eigenvalue weighted by molar-refractivity contribution is 8.13. The van der Waals surface area contributed by atoms with Crippen LogP contribution in [0.2, 0.25) is 0 Å².